The molecule has 0 saturated heterocycles. The largest absolute Gasteiger partial charge is 0.337 e. The smallest absolute Gasteiger partial charge is 0.163 e. The SMILES string of the molecule is C(=C\c1ccc2c(c1)Nc1nccnc1S2)/Cn1ccnc1. The first-order valence-corrected chi connectivity index (χ1v) is 7.72. The maximum absolute atomic E-state index is 4.33. The third kappa shape index (κ3) is 2.60. The van der Waals surface area contributed by atoms with Crippen molar-refractivity contribution in [3.63, 3.8) is 0 Å². The van der Waals surface area contributed by atoms with E-state index in [2.05, 4.69) is 50.6 Å². The molecule has 0 atom stereocenters. The predicted octanol–water partition coefficient (Wildman–Crippen LogP) is 3.59. The summed E-state index contributed by atoms with van der Waals surface area (Å²) in [5.74, 6) is 0.819. The molecule has 0 unspecified atom stereocenters. The van der Waals surface area contributed by atoms with Crippen LogP contribution < -0.4 is 5.32 Å². The Labute approximate surface area is 132 Å². The maximum Gasteiger partial charge on any atom is 0.163 e. The average molecular weight is 307 g/mol. The molecule has 1 aliphatic rings. The number of allylic oxidation sites excluding steroid dienone is 1. The lowest BCUT2D eigenvalue weighted by molar-refractivity contribution is 0.823. The van der Waals surface area contributed by atoms with Crippen molar-refractivity contribution in [2.24, 2.45) is 0 Å². The molecule has 2 aromatic heterocycles. The van der Waals surface area contributed by atoms with E-state index in [0.29, 0.717) is 0 Å². The van der Waals surface area contributed by atoms with Crippen LogP contribution in [0.15, 0.2) is 65.3 Å². The van der Waals surface area contributed by atoms with Gasteiger partial charge in [-0.15, -0.1) is 0 Å². The van der Waals surface area contributed by atoms with Crippen LogP contribution in [0.4, 0.5) is 11.5 Å². The normalized spacial score (nSPS) is 12.7. The maximum atomic E-state index is 4.33. The van der Waals surface area contributed by atoms with Gasteiger partial charge >= 0.3 is 0 Å². The van der Waals surface area contributed by atoms with Crippen molar-refractivity contribution in [3.05, 3.63) is 61.0 Å². The molecule has 0 aliphatic carbocycles. The van der Waals surface area contributed by atoms with Gasteiger partial charge in [0.2, 0.25) is 0 Å². The Bertz CT molecular complexity index is 826. The van der Waals surface area contributed by atoms with Gasteiger partial charge < -0.3 is 9.88 Å². The van der Waals surface area contributed by atoms with E-state index in [1.807, 2.05) is 17.1 Å². The molecule has 108 valence electrons. The van der Waals surface area contributed by atoms with Crippen molar-refractivity contribution in [2.45, 2.75) is 16.5 Å². The Morgan fingerprint density at radius 1 is 1.18 bits per heavy atom. The lowest BCUT2D eigenvalue weighted by atomic mass is 10.2. The van der Waals surface area contributed by atoms with Crippen LogP contribution in [0.25, 0.3) is 6.08 Å². The number of hydrogen-bond acceptors (Lipinski definition) is 5. The predicted molar refractivity (Wildman–Crippen MR) is 87.1 cm³/mol. The van der Waals surface area contributed by atoms with Gasteiger partial charge in [-0.3, -0.25) is 0 Å². The van der Waals surface area contributed by atoms with E-state index in [1.54, 1.807) is 30.4 Å². The third-order valence-corrected chi connectivity index (χ3v) is 4.38. The second-order valence-electron chi connectivity index (χ2n) is 4.85. The van der Waals surface area contributed by atoms with E-state index in [1.165, 1.54) is 4.90 Å². The molecule has 3 heterocycles. The first-order chi connectivity index (χ1) is 10.9. The summed E-state index contributed by atoms with van der Waals surface area (Å²) in [6.07, 6.45) is 13.2. The van der Waals surface area contributed by atoms with Crippen molar-refractivity contribution >= 4 is 29.3 Å². The van der Waals surface area contributed by atoms with Crippen molar-refractivity contribution in [1.82, 2.24) is 19.5 Å². The lowest BCUT2D eigenvalue weighted by Crippen LogP contribution is -2.03. The number of hydrogen-bond donors (Lipinski definition) is 1. The monoisotopic (exact) mass is 307 g/mol. The molecule has 4 rings (SSSR count). The van der Waals surface area contributed by atoms with Crippen LogP contribution >= 0.6 is 11.8 Å². The number of nitrogens with zero attached hydrogens (tertiary/aromatic N) is 4. The molecular formula is C16H13N5S. The Morgan fingerprint density at radius 2 is 2.14 bits per heavy atom. The third-order valence-electron chi connectivity index (χ3n) is 3.31. The molecule has 3 aromatic rings. The van der Waals surface area contributed by atoms with Gasteiger partial charge in [-0.2, -0.15) is 0 Å². The first-order valence-electron chi connectivity index (χ1n) is 6.91. The number of fused-ring (bicyclic) bond motifs is 2. The minimum atomic E-state index is 0.813. The fraction of sp³-hybridized carbons (Fsp3) is 0.0625. The number of imidazole rings is 1. The zero-order valence-electron chi connectivity index (χ0n) is 11.7. The number of aromatic nitrogens is 4. The second-order valence-corrected chi connectivity index (χ2v) is 5.89. The van der Waals surface area contributed by atoms with Gasteiger partial charge in [0.05, 0.1) is 12.0 Å². The highest BCUT2D eigenvalue weighted by Crippen LogP contribution is 2.42. The molecule has 1 N–H and O–H groups in total. The Kier molecular flexibility index (Phi) is 3.36. The zero-order chi connectivity index (χ0) is 14.8. The number of anilines is 2. The molecule has 1 aromatic carbocycles. The van der Waals surface area contributed by atoms with E-state index in [0.717, 1.165) is 28.6 Å². The van der Waals surface area contributed by atoms with Gasteiger partial charge in [0.1, 0.15) is 5.03 Å². The van der Waals surface area contributed by atoms with Crippen molar-refractivity contribution < 1.29 is 0 Å². The van der Waals surface area contributed by atoms with Crippen LogP contribution in [-0.2, 0) is 6.54 Å². The zero-order valence-corrected chi connectivity index (χ0v) is 12.5. The molecular weight excluding hydrogens is 294 g/mol. The van der Waals surface area contributed by atoms with Gasteiger partial charge in [-0.25, -0.2) is 15.0 Å². The highest BCUT2D eigenvalue weighted by molar-refractivity contribution is 7.99. The van der Waals surface area contributed by atoms with Gasteiger partial charge in [0.15, 0.2) is 5.82 Å². The minimum absolute atomic E-state index is 0.813. The minimum Gasteiger partial charge on any atom is -0.337 e. The van der Waals surface area contributed by atoms with Crippen LogP contribution in [-0.4, -0.2) is 19.5 Å². The standard InChI is InChI=1S/C16H13N5S/c1(8-21-9-7-17-11-21)2-12-3-4-14-13(10-12)20-15-16(22-14)19-6-5-18-15/h1-7,9-11H,8H2,(H,18,20)/b2-1+. The molecule has 6 heteroatoms. The first kappa shape index (κ1) is 13.1. The Morgan fingerprint density at radius 3 is 3.05 bits per heavy atom. The number of rotatable bonds is 3. The van der Waals surface area contributed by atoms with Crippen LogP contribution in [0.5, 0.6) is 0 Å². The van der Waals surface area contributed by atoms with Crippen LogP contribution in [0.3, 0.4) is 0 Å². The highest BCUT2D eigenvalue weighted by Gasteiger charge is 2.17. The molecule has 22 heavy (non-hydrogen) atoms. The summed E-state index contributed by atoms with van der Waals surface area (Å²) in [6.45, 7) is 0.813. The van der Waals surface area contributed by atoms with Gasteiger partial charge in [0, 0.05) is 36.2 Å². The highest BCUT2D eigenvalue weighted by atomic mass is 32.2. The fourth-order valence-electron chi connectivity index (χ4n) is 2.26. The molecule has 5 nitrogen and oxygen atoms in total. The van der Waals surface area contributed by atoms with Gasteiger partial charge in [0.25, 0.3) is 0 Å². The summed E-state index contributed by atoms with van der Waals surface area (Å²) in [5, 5.41) is 4.26. The van der Waals surface area contributed by atoms with Crippen molar-refractivity contribution in [1.29, 1.82) is 0 Å². The van der Waals surface area contributed by atoms with Crippen molar-refractivity contribution in [3.8, 4) is 0 Å². The van der Waals surface area contributed by atoms with Gasteiger partial charge in [-0.05, 0) is 17.7 Å². The van der Waals surface area contributed by atoms with E-state index in [9.17, 15) is 0 Å². The van der Waals surface area contributed by atoms with Crippen LogP contribution in [0, 0.1) is 0 Å². The summed E-state index contributed by atoms with van der Waals surface area (Å²) >= 11 is 1.64. The van der Waals surface area contributed by atoms with E-state index < -0.39 is 0 Å². The molecule has 0 amide bonds. The van der Waals surface area contributed by atoms with Gasteiger partial charge in [-0.1, -0.05) is 30.0 Å². The summed E-state index contributed by atoms with van der Waals surface area (Å²) in [4.78, 5) is 13.9. The number of benzene rings is 1. The van der Waals surface area contributed by atoms with E-state index in [4.69, 9.17) is 0 Å². The summed E-state index contributed by atoms with van der Waals surface area (Å²) in [6, 6.07) is 6.35. The fourth-order valence-corrected chi connectivity index (χ4v) is 3.14. The van der Waals surface area contributed by atoms with Crippen molar-refractivity contribution in [2.75, 3.05) is 5.32 Å². The summed E-state index contributed by atoms with van der Waals surface area (Å²) in [5.41, 5.74) is 2.22. The molecule has 0 spiro atoms. The number of nitrogens with one attached hydrogen (secondary N) is 1. The molecule has 0 fully saturated rings. The summed E-state index contributed by atoms with van der Waals surface area (Å²) < 4.78 is 2.02. The topological polar surface area (TPSA) is 55.6 Å². The summed E-state index contributed by atoms with van der Waals surface area (Å²) in [7, 11) is 0. The Hall–Kier alpha value is -2.60. The Balaban J connectivity index is 1.54. The quantitative estimate of drug-likeness (QED) is 0.627. The van der Waals surface area contributed by atoms with Crippen LogP contribution in [0.1, 0.15) is 5.56 Å². The molecule has 1 aliphatic heterocycles. The molecule has 0 radical (unpaired) electrons. The second kappa shape index (κ2) is 5.65. The molecule has 0 bridgehead atoms. The average Bonchev–Trinajstić information content (AvgIpc) is 3.06. The lowest BCUT2D eigenvalue weighted by Gasteiger charge is -2.18. The van der Waals surface area contributed by atoms with E-state index in [-0.39, 0.29) is 0 Å². The van der Waals surface area contributed by atoms with E-state index >= 15 is 0 Å². The molecule has 0 saturated carbocycles. The van der Waals surface area contributed by atoms with Crippen LogP contribution in [0.2, 0.25) is 0 Å².